The second kappa shape index (κ2) is 16.9. The van der Waals surface area contributed by atoms with Crippen molar-refractivity contribution in [3.63, 3.8) is 0 Å². The van der Waals surface area contributed by atoms with Gasteiger partial charge in [0.2, 0.25) is 17.7 Å². The molecule has 41 heavy (non-hydrogen) atoms. The minimum absolute atomic E-state index is 0.399. The number of amides is 3. The molecule has 0 aliphatic carbocycles. The van der Waals surface area contributed by atoms with Crippen molar-refractivity contribution in [2.45, 2.75) is 64.6 Å². The molecule has 7 N–H and O–H groups in total. The minimum atomic E-state index is -0.423. The van der Waals surface area contributed by atoms with Gasteiger partial charge in [0.05, 0.1) is 0 Å². The highest BCUT2D eigenvalue weighted by molar-refractivity contribution is 5.93. The van der Waals surface area contributed by atoms with Crippen molar-refractivity contribution in [1.29, 1.82) is 0 Å². The first kappa shape index (κ1) is 31.5. The minimum Gasteiger partial charge on any atom is -0.366 e. The third-order valence-corrected chi connectivity index (χ3v) is 7.18. The van der Waals surface area contributed by atoms with Crippen LogP contribution in [0.1, 0.15) is 92.7 Å². The van der Waals surface area contributed by atoms with Crippen LogP contribution in [-0.2, 0) is 19.6 Å². The normalized spacial score (nSPS) is 11.0. The maximum absolute atomic E-state index is 11.4. The quantitative estimate of drug-likeness (QED) is 0.160. The molecule has 8 heteroatoms. The number of primary amides is 3. The van der Waals surface area contributed by atoms with Gasteiger partial charge >= 0.3 is 0 Å². The van der Waals surface area contributed by atoms with Crippen LogP contribution in [0.15, 0.2) is 72.8 Å². The zero-order valence-corrected chi connectivity index (χ0v) is 23.8. The molecule has 0 heterocycles. The fourth-order valence-corrected chi connectivity index (χ4v) is 4.77. The van der Waals surface area contributed by atoms with Crippen LogP contribution >= 0.6 is 0 Å². The van der Waals surface area contributed by atoms with Gasteiger partial charge in [-0.15, -0.1) is 0 Å². The van der Waals surface area contributed by atoms with Crippen molar-refractivity contribution in [3.8, 4) is 0 Å². The number of carbonyl (C=O) groups is 3. The average molecular weight is 558 g/mol. The van der Waals surface area contributed by atoms with E-state index in [0.717, 1.165) is 62.3 Å². The Hall–Kier alpha value is -4.01. The molecule has 0 bridgehead atoms. The van der Waals surface area contributed by atoms with E-state index in [-0.39, 0.29) is 0 Å². The van der Waals surface area contributed by atoms with Gasteiger partial charge in [-0.2, -0.15) is 0 Å². The molecule has 0 radical (unpaired) electrons. The summed E-state index contributed by atoms with van der Waals surface area (Å²) in [5.41, 5.74) is 21.0. The van der Waals surface area contributed by atoms with Crippen LogP contribution in [0.2, 0.25) is 0 Å². The van der Waals surface area contributed by atoms with E-state index < -0.39 is 17.7 Å². The summed E-state index contributed by atoms with van der Waals surface area (Å²) in [7, 11) is 0. The highest BCUT2D eigenvalue weighted by Gasteiger charge is 2.10. The SMILES string of the molecule is NC(=O)c1ccc(CNCCCCCCCCCN(Cc2ccc(C(N)=O)cc2)Cc2ccc(C(N)=O)cc2)cc1. The van der Waals surface area contributed by atoms with Gasteiger partial charge in [-0.1, -0.05) is 68.5 Å². The summed E-state index contributed by atoms with van der Waals surface area (Å²) < 4.78 is 0. The first-order valence-corrected chi connectivity index (χ1v) is 14.4. The van der Waals surface area contributed by atoms with E-state index in [1.54, 1.807) is 36.4 Å². The number of nitrogens with two attached hydrogens (primary N) is 3. The van der Waals surface area contributed by atoms with Gasteiger partial charge in [0, 0.05) is 36.3 Å². The molecule has 0 unspecified atom stereocenters. The smallest absolute Gasteiger partial charge is 0.248 e. The zero-order valence-electron chi connectivity index (χ0n) is 23.8. The third-order valence-electron chi connectivity index (χ3n) is 7.18. The molecule has 3 amide bonds. The lowest BCUT2D eigenvalue weighted by Crippen LogP contribution is -2.24. The first-order valence-electron chi connectivity index (χ1n) is 14.4. The molecule has 3 aromatic rings. The van der Waals surface area contributed by atoms with Crippen LogP contribution < -0.4 is 22.5 Å². The van der Waals surface area contributed by atoms with Crippen molar-refractivity contribution in [2.24, 2.45) is 17.2 Å². The van der Waals surface area contributed by atoms with Crippen LogP contribution in [0.25, 0.3) is 0 Å². The predicted octanol–water partition coefficient (Wildman–Crippen LogP) is 4.51. The third kappa shape index (κ3) is 11.6. The number of rotatable bonds is 19. The monoisotopic (exact) mass is 557 g/mol. The Labute approximate surface area is 243 Å². The van der Waals surface area contributed by atoms with Crippen molar-refractivity contribution >= 4 is 17.7 Å². The molecule has 0 aliphatic heterocycles. The molecule has 0 spiro atoms. The van der Waals surface area contributed by atoms with Gasteiger partial charge in [0.1, 0.15) is 0 Å². The maximum Gasteiger partial charge on any atom is 0.248 e. The number of hydrogen-bond donors (Lipinski definition) is 4. The van der Waals surface area contributed by atoms with Crippen LogP contribution in [0.5, 0.6) is 0 Å². The standard InChI is InChI=1S/C33H43N5O3/c34-31(39)28-14-8-25(9-15-28)22-37-20-6-4-2-1-3-5-7-21-38(23-26-10-16-29(17-11-26)32(35)40)24-27-12-18-30(19-13-27)33(36)41/h8-19,37H,1-7,20-24H2,(H2,34,39)(H2,35,40)(H2,36,41). The van der Waals surface area contributed by atoms with E-state index >= 15 is 0 Å². The second-order valence-electron chi connectivity index (χ2n) is 10.5. The van der Waals surface area contributed by atoms with Crippen molar-refractivity contribution < 1.29 is 14.4 Å². The van der Waals surface area contributed by atoms with E-state index in [1.807, 2.05) is 36.4 Å². The van der Waals surface area contributed by atoms with Gasteiger partial charge in [0.25, 0.3) is 0 Å². The maximum atomic E-state index is 11.4. The Balaban J connectivity index is 1.34. The lowest BCUT2D eigenvalue weighted by Gasteiger charge is -2.23. The number of nitrogens with one attached hydrogen (secondary N) is 1. The molecule has 0 fully saturated rings. The molecule has 3 aromatic carbocycles. The zero-order chi connectivity index (χ0) is 29.5. The van der Waals surface area contributed by atoms with E-state index in [1.165, 1.54) is 32.1 Å². The van der Waals surface area contributed by atoms with Gasteiger partial charge in [0.15, 0.2) is 0 Å². The van der Waals surface area contributed by atoms with E-state index in [2.05, 4.69) is 10.2 Å². The van der Waals surface area contributed by atoms with Gasteiger partial charge in [-0.3, -0.25) is 19.3 Å². The number of hydrogen-bond acceptors (Lipinski definition) is 5. The second-order valence-corrected chi connectivity index (χ2v) is 10.5. The summed E-state index contributed by atoms with van der Waals surface area (Å²) in [6.07, 6.45) is 8.33. The van der Waals surface area contributed by atoms with E-state index in [0.29, 0.717) is 16.7 Å². The van der Waals surface area contributed by atoms with Crippen molar-refractivity contribution in [3.05, 3.63) is 106 Å². The highest BCUT2D eigenvalue weighted by atomic mass is 16.2. The van der Waals surface area contributed by atoms with Crippen LogP contribution in [0.3, 0.4) is 0 Å². The van der Waals surface area contributed by atoms with Gasteiger partial charge < -0.3 is 22.5 Å². The van der Waals surface area contributed by atoms with Crippen molar-refractivity contribution in [1.82, 2.24) is 10.2 Å². The Morgan fingerprint density at radius 1 is 0.512 bits per heavy atom. The summed E-state index contributed by atoms with van der Waals surface area (Å²) in [5.74, 6) is -1.25. The van der Waals surface area contributed by atoms with Crippen LogP contribution in [0, 0.1) is 0 Å². The molecule has 0 aromatic heterocycles. The van der Waals surface area contributed by atoms with Crippen molar-refractivity contribution in [2.75, 3.05) is 13.1 Å². The lowest BCUT2D eigenvalue weighted by molar-refractivity contribution is 0.0992. The Kier molecular flexibility index (Phi) is 13.0. The molecular weight excluding hydrogens is 514 g/mol. The summed E-state index contributed by atoms with van der Waals surface area (Å²) in [6.45, 7) is 4.25. The van der Waals surface area contributed by atoms with Crippen LogP contribution in [0.4, 0.5) is 0 Å². The van der Waals surface area contributed by atoms with Crippen LogP contribution in [-0.4, -0.2) is 35.7 Å². The Bertz CT molecular complexity index is 1180. The largest absolute Gasteiger partial charge is 0.366 e. The summed E-state index contributed by atoms with van der Waals surface area (Å²) in [5, 5.41) is 3.46. The summed E-state index contributed by atoms with van der Waals surface area (Å²) in [6, 6.07) is 22.3. The Morgan fingerprint density at radius 2 is 0.878 bits per heavy atom. The molecular formula is C33H43N5O3. The first-order chi connectivity index (χ1) is 19.8. The number of unbranched alkanes of at least 4 members (excludes halogenated alkanes) is 6. The van der Waals surface area contributed by atoms with Gasteiger partial charge in [-0.25, -0.2) is 0 Å². The molecule has 8 nitrogen and oxygen atoms in total. The molecule has 0 saturated heterocycles. The molecule has 0 atom stereocenters. The molecule has 0 saturated carbocycles. The average Bonchev–Trinajstić information content (AvgIpc) is 2.96. The van der Waals surface area contributed by atoms with Gasteiger partial charge in [-0.05, 0) is 79.0 Å². The topological polar surface area (TPSA) is 145 Å². The Morgan fingerprint density at radius 3 is 1.29 bits per heavy atom. The number of nitrogens with zero attached hydrogens (tertiary/aromatic N) is 1. The van der Waals surface area contributed by atoms with E-state index in [4.69, 9.17) is 17.2 Å². The highest BCUT2D eigenvalue weighted by Crippen LogP contribution is 2.15. The fourth-order valence-electron chi connectivity index (χ4n) is 4.77. The summed E-state index contributed by atoms with van der Waals surface area (Å²) >= 11 is 0. The number of benzene rings is 3. The van der Waals surface area contributed by atoms with E-state index in [9.17, 15) is 14.4 Å². The lowest BCUT2D eigenvalue weighted by atomic mass is 10.1. The molecule has 3 rings (SSSR count). The fraction of sp³-hybridized carbons (Fsp3) is 0.364. The summed E-state index contributed by atoms with van der Waals surface area (Å²) in [4.78, 5) is 36.4. The molecule has 218 valence electrons. The number of carbonyl (C=O) groups excluding carboxylic acids is 3. The molecule has 0 aliphatic rings. The predicted molar refractivity (Wildman–Crippen MR) is 163 cm³/mol.